The fourth-order valence-corrected chi connectivity index (χ4v) is 1.56. The zero-order chi connectivity index (χ0) is 13.5. The number of hydrogen-bond acceptors (Lipinski definition) is 3. The Hall–Kier alpha value is -1.88. The first-order chi connectivity index (χ1) is 8.54. The fourth-order valence-electron chi connectivity index (χ4n) is 1.56. The molecule has 4 N–H and O–H groups in total. The Bertz CT molecular complexity index is 415. The largest absolute Gasteiger partial charge is 0.396 e. The molecule has 1 rings (SSSR count). The van der Waals surface area contributed by atoms with Gasteiger partial charge in [-0.15, -0.1) is 0 Å². The molecule has 5 heteroatoms. The standard InChI is InChI=1S/C13H18N2O3/c1-9(3-2-8-16)15-13(18)11-6-4-10(5-7-11)12(14)17/h4-7,9,16H,2-3,8H2,1H3,(H2,14,17)(H,15,18). The van der Waals surface area contributed by atoms with Crippen molar-refractivity contribution in [3.8, 4) is 0 Å². The van der Waals surface area contributed by atoms with E-state index in [9.17, 15) is 9.59 Å². The van der Waals surface area contributed by atoms with Gasteiger partial charge in [-0.05, 0) is 44.0 Å². The Labute approximate surface area is 106 Å². The van der Waals surface area contributed by atoms with Gasteiger partial charge in [-0.2, -0.15) is 0 Å². The van der Waals surface area contributed by atoms with Crippen molar-refractivity contribution in [2.24, 2.45) is 5.73 Å². The molecule has 0 spiro atoms. The van der Waals surface area contributed by atoms with Crippen molar-refractivity contribution in [3.63, 3.8) is 0 Å². The lowest BCUT2D eigenvalue weighted by molar-refractivity contribution is 0.0934. The fraction of sp³-hybridized carbons (Fsp3) is 0.385. The highest BCUT2D eigenvalue weighted by molar-refractivity contribution is 5.97. The van der Waals surface area contributed by atoms with Gasteiger partial charge in [-0.1, -0.05) is 0 Å². The summed E-state index contributed by atoms with van der Waals surface area (Å²) in [5, 5.41) is 11.5. The number of nitrogens with two attached hydrogens (primary N) is 1. The third-order valence-electron chi connectivity index (χ3n) is 2.60. The Balaban J connectivity index is 2.58. The lowest BCUT2D eigenvalue weighted by Crippen LogP contribution is -2.32. The summed E-state index contributed by atoms with van der Waals surface area (Å²) in [6.45, 7) is 2.00. The van der Waals surface area contributed by atoms with Gasteiger partial charge in [0.25, 0.3) is 5.91 Å². The zero-order valence-corrected chi connectivity index (χ0v) is 10.3. The van der Waals surface area contributed by atoms with Crippen molar-refractivity contribution in [2.45, 2.75) is 25.8 Å². The summed E-state index contributed by atoms with van der Waals surface area (Å²) in [5.74, 6) is -0.713. The molecule has 18 heavy (non-hydrogen) atoms. The topological polar surface area (TPSA) is 92.4 Å². The summed E-state index contributed by atoms with van der Waals surface area (Å²) in [6.07, 6.45) is 1.38. The average Bonchev–Trinajstić information content (AvgIpc) is 2.36. The minimum Gasteiger partial charge on any atom is -0.396 e. The Kier molecular flexibility index (Phi) is 5.32. The Morgan fingerprint density at radius 1 is 1.28 bits per heavy atom. The molecule has 1 aromatic carbocycles. The van der Waals surface area contributed by atoms with E-state index in [-0.39, 0.29) is 18.6 Å². The molecule has 0 saturated heterocycles. The number of hydrogen-bond donors (Lipinski definition) is 3. The van der Waals surface area contributed by atoms with Crippen LogP contribution in [-0.2, 0) is 0 Å². The van der Waals surface area contributed by atoms with Crippen LogP contribution in [0.5, 0.6) is 0 Å². The lowest BCUT2D eigenvalue weighted by Gasteiger charge is -2.13. The third-order valence-corrected chi connectivity index (χ3v) is 2.60. The van der Waals surface area contributed by atoms with Crippen molar-refractivity contribution in [3.05, 3.63) is 35.4 Å². The van der Waals surface area contributed by atoms with E-state index in [1.807, 2.05) is 6.92 Å². The van der Waals surface area contributed by atoms with Crippen LogP contribution in [0.1, 0.15) is 40.5 Å². The van der Waals surface area contributed by atoms with Crippen molar-refractivity contribution in [1.82, 2.24) is 5.32 Å². The minimum absolute atomic E-state index is 0.000432. The molecule has 2 amide bonds. The summed E-state index contributed by atoms with van der Waals surface area (Å²) >= 11 is 0. The van der Waals surface area contributed by atoms with Gasteiger partial charge in [0.1, 0.15) is 0 Å². The second-order valence-electron chi connectivity index (χ2n) is 4.18. The Morgan fingerprint density at radius 2 is 1.83 bits per heavy atom. The van der Waals surface area contributed by atoms with Gasteiger partial charge in [0.2, 0.25) is 5.91 Å². The third kappa shape index (κ3) is 4.18. The number of aliphatic hydroxyl groups excluding tert-OH is 1. The van der Waals surface area contributed by atoms with E-state index in [0.717, 1.165) is 6.42 Å². The number of benzene rings is 1. The monoisotopic (exact) mass is 250 g/mol. The predicted molar refractivity (Wildman–Crippen MR) is 68.2 cm³/mol. The number of nitrogens with one attached hydrogen (secondary N) is 1. The summed E-state index contributed by atoms with van der Waals surface area (Å²) < 4.78 is 0. The van der Waals surface area contributed by atoms with Crippen LogP contribution in [0.2, 0.25) is 0 Å². The van der Waals surface area contributed by atoms with Crippen LogP contribution in [0, 0.1) is 0 Å². The summed E-state index contributed by atoms with van der Waals surface area (Å²) in [5.41, 5.74) is 5.97. The van der Waals surface area contributed by atoms with Gasteiger partial charge in [-0.3, -0.25) is 9.59 Å². The minimum atomic E-state index is -0.515. The van der Waals surface area contributed by atoms with Gasteiger partial charge < -0.3 is 16.2 Å². The first-order valence-electron chi connectivity index (χ1n) is 5.86. The van der Waals surface area contributed by atoms with E-state index in [1.165, 1.54) is 12.1 Å². The summed E-state index contributed by atoms with van der Waals surface area (Å²) in [6, 6.07) is 6.17. The van der Waals surface area contributed by atoms with Crippen LogP contribution in [0.25, 0.3) is 0 Å². The number of primary amides is 1. The molecule has 0 saturated carbocycles. The predicted octanol–water partition coefficient (Wildman–Crippen LogP) is 0.676. The lowest BCUT2D eigenvalue weighted by atomic mass is 10.1. The van der Waals surface area contributed by atoms with Crippen molar-refractivity contribution in [2.75, 3.05) is 6.61 Å². The molecule has 98 valence electrons. The van der Waals surface area contributed by atoms with E-state index < -0.39 is 5.91 Å². The molecule has 1 aromatic rings. The van der Waals surface area contributed by atoms with E-state index in [1.54, 1.807) is 12.1 Å². The molecule has 5 nitrogen and oxygen atoms in total. The molecule has 0 bridgehead atoms. The highest BCUT2D eigenvalue weighted by atomic mass is 16.3. The molecule has 0 aliphatic heterocycles. The van der Waals surface area contributed by atoms with Crippen LogP contribution in [0.4, 0.5) is 0 Å². The van der Waals surface area contributed by atoms with Crippen molar-refractivity contribution < 1.29 is 14.7 Å². The zero-order valence-electron chi connectivity index (χ0n) is 10.3. The Morgan fingerprint density at radius 3 is 2.33 bits per heavy atom. The van der Waals surface area contributed by atoms with Crippen LogP contribution >= 0.6 is 0 Å². The molecule has 0 aliphatic carbocycles. The molecule has 0 aliphatic rings. The maximum absolute atomic E-state index is 11.8. The second kappa shape index (κ2) is 6.76. The first-order valence-corrected chi connectivity index (χ1v) is 5.86. The first kappa shape index (κ1) is 14.2. The quantitative estimate of drug-likeness (QED) is 0.693. The molecule has 0 aromatic heterocycles. The maximum Gasteiger partial charge on any atom is 0.251 e. The molecular weight excluding hydrogens is 232 g/mol. The van der Waals surface area contributed by atoms with Crippen LogP contribution < -0.4 is 11.1 Å². The number of rotatable bonds is 6. The number of carbonyl (C=O) groups is 2. The molecule has 1 atom stereocenters. The van der Waals surface area contributed by atoms with E-state index >= 15 is 0 Å². The van der Waals surface area contributed by atoms with E-state index in [2.05, 4.69) is 5.32 Å². The van der Waals surface area contributed by atoms with Gasteiger partial charge >= 0.3 is 0 Å². The maximum atomic E-state index is 11.8. The van der Waals surface area contributed by atoms with Gasteiger partial charge in [0, 0.05) is 23.8 Å². The number of carbonyl (C=O) groups excluding carboxylic acids is 2. The highest BCUT2D eigenvalue weighted by Gasteiger charge is 2.10. The van der Waals surface area contributed by atoms with Gasteiger partial charge in [0.05, 0.1) is 0 Å². The molecule has 0 radical (unpaired) electrons. The summed E-state index contributed by atoms with van der Waals surface area (Å²) in [4.78, 5) is 22.7. The van der Waals surface area contributed by atoms with E-state index in [0.29, 0.717) is 17.5 Å². The molecular formula is C13H18N2O3. The second-order valence-corrected chi connectivity index (χ2v) is 4.18. The number of amides is 2. The van der Waals surface area contributed by atoms with Crippen molar-refractivity contribution in [1.29, 1.82) is 0 Å². The average molecular weight is 250 g/mol. The van der Waals surface area contributed by atoms with E-state index in [4.69, 9.17) is 10.8 Å². The normalized spacial score (nSPS) is 11.9. The SMILES string of the molecule is CC(CCCO)NC(=O)c1ccc(C(N)=O)cc1. The van der Waals surface area contributed by atoms with Gasteiger partial charge in [0.15, 0.2) is 0 Å². The highest BCUT2D eigenvalue weighted by Crippen LogP contribution is 2.05. The molecule has 0 heterocycles. The number of aliphatic hydroxyl groups is 1. The molecule has 1 unspecified atom stereocenters. The van der Waals surface area contributed by atoms with Crippen LogP contribution in [0.15, 0.2) is 24.3 Å². The van der Waals surface area contributed by atoms with Crippen molar-refractivity contribution >= 4 is 11.8 Å². The molecule has 0 fully saturated rings. The van der Waals surface area contributed by atoms with Crippen LogP contribution in [0.3, 0.4) is 0 Å². The van der Waals surface area contributed by atoms with Crippen LogP contribution in [-0.4, -0.2) is 29.6 Å². The summed E-state index contributed by atoms with van der Waals surface area (Å²) in [7, 11) is 0. The smallest absolute Gasteiger partial charge is 0.251 e. The van der Waals surface area contributed by atoms with Gasteiger partial charge in [-0.25, -0.2) is 0 Å².